The van der Waals surface area contributed by atoms with Gasteiger partial charge in [0.2, 0.25) is 5.91 Å². The Morgan fingerprint density at radius 2 is 1.89 bits per heavy atom. The second-order valence-corrected chi connectivity index (χ2v) is 8.25. The summed E-state index contributed by atoms with van der Waals surface area (Å²) in [5.74, 6) is 1.22. The third-order valence-electron chi connectivity index (χ3n) is 4.55. The van der Waals surface area contributed by atoms with Gasteiger partial charge in [0, 0.05) is 34.7 Å². The van der Waals surface area contributed by atoms with E-state index in [2.05, 4.69) is 22.3 Å². The molecule has 144 valence electrons. The molecule has 0 radical (unpaired) electrons. The topological polar surface area (TPSA) is 41.6 Å². The molecule has 1 amide bonds. The predicted octanol–water partition coefficient (Wildman–Crippen LogP) is 4.88. The van der Waals surface area contributed by atoms with Gasteiger partial charge in [-0.2, -0.15) is 0 Å². The van der Waals surface area contributed by atoms with Crippen LogP contribution in [-0.4, -0.2) is 37.9 Å². The average molecular weight is 425 g/mol. The summed E-state index contributed by atoms with van der Waals surface area (Å²) in [7, 11) is 1.67. The maximum Gasteiger partial charge on any atom is 0.230 e. The number of hydrogen-bond acceptors (Lipinski definition) is 4. The number of hydrogen-bond donors (Lipinski definition) is 1. The summed E-state index contributed by atoms with van der Waals surface area (Å²) >= 11 is 13.5. The van der Waals surface area contributed by atoms with Gasteiger partial charge in [0.1, 0.15) is 5.75 Å². The normalized spacial score (nSPS) is 14.9. The molecule has 1 heterocycles. The van der Waals surface area contributed by atoms with Gasteiger partial charge in [-0.15, -0.1) is 11.8 Å². The van der Waals surface area contributed by atoms with E-state index in [1.807, 2.05) is 12.1 Å². The monoisotopic (exact) mass is 424 g/mol. The lowest BCUT2D eigenvalue weighted by Crippen LogP contribution is -2.45. The van der Waals surface area contributed by atoms with Crippen molar-refractivity contribution in [1.29, 1.82) is 0 Å². The molecule has 27 heavy (non-hydrogen) atoms. The highest BCUT2D eigenvalue weighted by molar-refractivity contribution is 8.00. The Labute approximate surface area is 174 Å². The fraction of sp³-hybridized carbons (Fsp3) is 0.350. The van der Waals surface area contributed by atoms with Crippen molar-refractivity contribution < 1.29 is 9.53 Å². The largest absolute Gasteiger partial charge is 0.497 e. The molecule has 2 aromatic rings. The quantitative estimate of drug-likeness (QED) is 0.670. The van der Waals surface area contributed by atoms with Crippen molar-refractivity contribution in [2.45, 2.75) is 23.8 Å². The Balaban J connectivity index is 1.44. The van der Waals surface area contributed by atoms with Crippen molar-refractivity contribution in [2.75, 3.05) is 30.9 Å². The first-order valence-electron chi connectivity index (χ1n) is 8.81. The molecule has 1 N–H and O–H groups in total. The van der Waals surface area contributed by atoms with Crippen LogP contribution in [0, 0.1) is 0 Å². The van der Waals surface area contributed by atoms with E-state index in [0.717, 1.165) is 36.6 Å². The smallest absolute Gasteiger partial charge is 0.230 e. The van der Waals surface area contributed by atoms with E-state index in [-0.39, 0.29) is 11.9 Å². The minimum Gasteiger partial charge on any atom is -0.497 e. The van der Waals surface area contributed by atoms with Crippen molar-refractivity contribution in [3.63, 3.8) is 0 Å². The number of ether oxygens (including phenoxy) is 1. The third-order valence-corrected chi connectivity index (χ3v) is 6.28. The van der Waals surface area contributed by atoms with E-state index in [0.29, 0.717) is 15.8 Å². The van der Waals surface area contributed by atoms with Crippen LogP contribution in [0.3, 0.4) is 0 Å². The number of thioether (sulfide) groups is 1. The van der Waals surface area contributed by atoms with Gasteiger partial charge in [-0.25, -0.2) is 0 Å². The zero-order chi connectivity index (χ0) is 19.2. The first-order chi connectivity index (χ1) is 13.0. The molecule has 7 heteroatoms. The fourth-order valence-electron chi connectivity index (χ4n) is 3.08. The molecule has 4 nitrogen and oxygen atoms in total. The summed E-state index contributed by atoms with van der Waals surface area (Å²) in [5.41, 5.74) is 1.19. The molecule has 1 aliphatic rings. The van der Waals surface area contributed by atoms with Crippen LogP contribution in [-0.2, 0) is 4.79 Å². The molecule has 3 rings (SSSR count). The molecule has 0 aliphatic carbocycles. The molecule has 1 saturated heterocycles. The number of rotatable bonds is 6. The lowest BCUT2D eigenvalue weighted by Gasteiger charge is -2.34. The average Bonchev–Trinajstić information content (AvgIpc) is 2.69. The van der Waals surface area contributed by atoms with Gasteiger partial charge in [-0.05, 0) is 55.3 Å². The predicted molar refractivity (Wildman–Crippen MR) is 114 cm³/mol. The highest BCUT2D eigenvalue weighted by Crippen LogP contribution is 2.30. The summed E-state index contributed by atoms with van der Waals surface area (Å²) in [6.07, 6.45) is 1.86. The minimum atomic E-state index is 0.0268. The van der Waals surface area contributed by atoms with Crippen LogP contribution < -0.4 is 15.0 Å². The first kappa shape index (κ1) is 20.2. The van der Waals surface area contributed by atoms with Crippen molar-refractivity contribution in [1.82, 2.24) is 5.32 Å². The van der Waals surface area contributed by atoms with E-state index >= 15 is 0 Å². The number of methoxy groups -OCH3 is 1. The Kier molecular flexibility index (Phi) is 7.16. The van der Waals surface area contributed by atoms with Crippen LogP contribution in [0.15, 0.2) is 47.4 Å². The summed E-state index contributed by atoms with van der Waals surface area (Å²) in [4.78, 5) is 15.4. The Morgan fingerprint density at radius 1 is 1.19 bits per heavy atom. The van der Waals surface area contributed by atoms with Crippen molar-refractivity contribution in [3.05, 3.63) is 52.5 Å². The molecule has 0 aromatic heterocycles. The molecule has 1 fully saturated rings. The van der Waals surface area contributed by atoms with E-state index < -0.39 is 0 Å². The van der Waals surface area contributed by atoms with Gasteiger partial charge in [-0.1, -0.05) is 23.2 Å². The number of piperidine rings is 1. The number of benzene rings is 2. The fourth-order valence-corrected chi connectivity index (χ4v) is 4.38. The van der Waals surface area contributed by atoms with Gasteiger partial charge in [-0.3, -0.25) is 4.79 Å². The highest BCUT2D eigenvalue weighted by atomic mass is 35.5. The Bertz CT molecular complexity index is 778. The summed E-state index contributed by atoms with van der Waals surface area (Å²) < 4.78 is 5.20. The first-order valence-corrected chi connectivity index (χ1v) is 10.6. The van der Waals surface area contributed by atoms with Gasteiger partial charge in [0.05, 0.1) is 17.9 Å². The van der Waals surface area contributed by atoms with Crippen LogP contribution >= 0.6 is 35.0 Å². The zero-order valence-electron chi connectivity index (χ0n) is 15.1. The number of carbonyl (C=O) groups is 1. The minimum absolute atomic E-state index is 0.0268. The van der Waals surface area contributed by atoms with Crippen LogP contribution in [0.4, 0.5) is 5.69 Å². The maximum atomic E-state index is 12.3. The van der Waals surface area contributed by atoms with Crippen LogP contribution in [0.2, 0.25) is 10.0 Å². The lowest BCUT2D eigenvalue weighted by molar-refractivity contribution is -0.119. The molecule has 0 unspecified atom stereocenters. The number of nitrogens with one attached hydrogen (secondary N) is 1. The number of halogens is 2. The number of amides is 1. The molecule has 2 aromatic carbocycles. The van der Waals surface area contributed by atoms with Gasteiger partial charge >= 0.3 is 0 Å². The SMILES string of the molecule is COc1ccc(N2CCC(NC(=O)CSc3cc(Cl)ccc3Cl)CC2)cc1. The van der Waals surface area contributed by atoms with E-state index in [4.69, 9.17) is 27.9 Å². The molecular formula is C20H22Cl2N2O2S. The number of anilines is 1. The number of nitrogens with zero attached hydrogens (tertiary/aromatic N) is 1. The molecule has 1 aliphatic heterocycles. The Hall–Kier alpha value is -1.56. The van der Waals surface area contributed by atoms with Crippen LogP contribution in [0.1, 0.15) is 12.8 Å². The van der Waals surface area contributed by atoms with E-state index in [1.54, 1.807) is 25.3 Å². The zero-order valence-corrected chi connectivity index (χ0v) is 17.4. The molecule has 0 atom stereocenters. The second kappa shape index (κ2) is 9.58. The van der Waals surface area contributed by atoms with E-state index in [1.165, 1.54) is 17.4 Å². The third kappa shape index (κ3) is 5.71. The maximum absolute atomic E-state index is 12.3. The van der Waals surface area contributed by atoms with Crippen molar-refractivity contribution >= 4 is 46.6 Å². The van der Waals surface area contributed by atoms with Crippen LogP contribution in [0.5, 0.6) is 5.75 Å². The molecular weight excluding hydrogens is 403 g/mol. The van der Waals surface area contributed by atoms with E-state index in [9.17, 15) is 4.79 Å². The van der Waals surface area contributed by atoms with Gasteiger partial charge in [0.15, 0.2) is 0 Å². The Morgan fingerprint density at radius 3 is 2.56 bits per heavy atom. The summed E-state index contributed by atoms with van der Waals surface area (Å²) in [5, 5.41) is 4.37. The lowest BCUT2D eigenvalue weighted by atomic mass is 10.0. The van der Waals surface area contributed by atoms with Gasteiger partial charge in [0.25, 0.3) is 0 Å². The van der Waals surface area contributed by atoms with Gasteiger partial charge < -0.3 is 15.0 Å². The number of carbonyl (C=O) groups excluding carboxylic acids is 1. The second-order valence-electron chi connectivity index (χ2n) is 6.39. The molecule has 0 spiro atoms. The molecule has 0 saturated carbocycles. The van der Waals surface area contributed by atoms with Crippen LogP contribution in [0.25, 0.3) is 0 Å². The summed E-state index contributed by atoms with van der Waals surface area (Å²) in [6.45, 7) is 1.84. The van der Waals surface area contributed by atoms with Crippen molar-refractivity contribution in [2.24, 2.45) is 0 Å². The molecule has 0 bridgehead atoms. The summed E-state index contributed by atoms with van der Waals surface area (Å²) in [6, 6.07) is 13.6. The van der Waals surface area contributed by atoms with Crippen molar-refractivity contribution in [3.8, 4) is 5.75 Å². The highest BCUT2D eigenvalue weighted by Gasteiger charge is 2.21. The standard InChI is InChI=1S/C20H22Cl2N2O2S/c1-26-17-5-3-16(4-6-17)24-10-8-15(9-11-24)23-20(25)13-27-19-12-14(21)2-7-18(19)22/h2-7,12,15H,8-11,13H2,1H3,(H,23,25).